The van der Waals surface area contributed by atoms with E-state index in [1.807, 2.05) is 23.1 Å². The smallest absolute Gasteiger partial charge is 0.223 e. The fourth-order valence-electron chi connectivity index (χ4n) is 2.47. The molecule has 0 bridgehead atoms. The summed E-state index contributed by atoms with van der Waals surface area (Å²) < 4.78 is 10.5. The first-order valence-electron chi connectivity index (χ1n) is 7.52. The van der Waals surface area contributed by atoms with Gasteiger partial charge in [0.25, 0.3) is 0 Å². The van der Waals surface area contributed by atoms with Crippen molar-refractivity contribution in [3.63, 3.8) is 0 Å². The van der Waals surface area contributed by atoms with E-state index >= 15 is 0 Å². The second-order valence-electron chi connectivity index (χ2n) is 5.33. The lowest BCUT2D eigenvalue weighted by Gasteiger charge is -2.30. The number of nitrogens with two attached hydrogens (primary N) is 1. The molecule has 0 aromatic heterocycles. The van der Waals surface area contributed by atoms with Crippen molar-refractivity contribution in [2.45, 2.75) is 30.2 Å². The predicted octanol–water partition coefficient (Wildman–Crippen LogP) is 2.14. The zero-order valence-electron chi connectivity index (χ0n) is 13.2. The van der Waals surface area contributed by atoms with Gasteiger partial charge in [0, 0.05) is 36.2 Å². The molecule has 0 saturated carbocycles. The molecular weight excluding hydrogens is 300 g/mol. The van der Waals surface area contributed by atoms with Gasteiger partial charge in [-0.05, 0) is 31.0 Å². The van der Waals surface area contributed by atoms with Crippen LogP contribution in [0, 0.1) is 0 Å². The number of methoxy groups -OCH3 is 2. The number of ether oxygens (including phenoxy) is 2. The summed E-state index contributed by atoms with van der Waals surface area (Å²) >= 11 is 1.65. The second-order valence-corrected chi connectivity index (χ2v) is 6.50. The van der Waals surface area contributed by atoms with Gasteiger partial charge in [-0.15, -0.1) is 11.8 Å². The lowest BCUT2D eigenvalue weighted by atomic mass is 10.1. The molecule has 22 heavy (non-hydrogen) atoms. The minimum absolute atomic E-state index is 0.222. The number of benzene rings is 1. The van der Waals surface area contributed by atoms with Crippen molar-refractivity contribution >= 4 is 17.7 Å². The van der Waals surface area contributed by atoms with Crippen molar-refractivity contribution in [1.82, 2.24) is 4.90 Å². The molecule has 1 amide bonds. The first-order chi connectivity index (χ1) is 10.6. The summed E-state index contributed by atoms with van der Waals surface area (Å²) in [6.45, 7) is 1.59. The Morgan fingerprint density at radius 3 is 2.59 bits per heavy atom. The standard InChI is InChI=1S/C16H24N2O3S/c1-20-14-4-3-13(11-15(14)21-2)22-10-7-16(19)18-8-5-12(17)6-9-18/h3-4,11-12H,5-10,17H2,1-2H3. The van der Waals surface area contributed by atoms with Crippen LogP contribution in [-0.2, 0) is 4.79 Å². The lowest BCUT2D eigenvalue weighted by Crippen LogP contribution is -2.42. The van der Waals surface area contributed by atoms with Crippen LogP contribution in [0.15, 0.2) is 23.1 Å². The number of carbonyl (C=O) groups excluding carboxylic acids is 1. The molecule has 0 unspecified atom stereocenters. The summed E-state index contributed by atoms with van der Waals surface area (Å²) in [6, 6.07) is 6.06. The Bertz CT molecular complexity index is 502. The van der Waals surface area contributed by atoms with Crippen LogP contribution in [0.2, 0.25) is 0 Å². The average molecular weight is 324 g/mol. The van der Waals surface area contributed by atoms with Crippen molar-refractivity contribution in [2.24, 2.45) is 5.73 Å². The number of likely N-dealkylation sites (tertiary alicyclic amines) is 1. The van der Waals surface area contributed by atoms with Gasteiger partial charge in [0.2, 0.25) is 5.91 Å². The molecule has 0 aliphatic carbocycles. The molecule has 2 N–H and O–H groups in total. The maximum absolute atomic E-state index is 12.1. The molecule has 5 nitrogen and oxygen atoms in total. The molecule has 122 valence electrons. The Hall–Kier alpha value is -1.40. The number of carbonyl (C=O) groups is 1. The molecule has 0 atom stereocenters. The van der Waals surface area contributed by atoms with Crippen LogP contribution in [0.1, 0.15) is 19.3 Å². The predicted molar refractivity (Wildman–Crippen MR) is 88.7 cm³/mol. The van der Waals surface area contributed by atoms with Gasteiger partial charge in [-0.1, -0.05) is 0 Å². The van der Waals surface area contributed by atoms with Crippen molar-refractivity contribution in [2.75, 3.05) is 33.1 Å². The first-order valence-corrected chi connectivity index (χ1v) is 8.50. The van der Waals surface area contributed by atoms with E-state index in [1.165, 1.54) is 0 Å². The minimum Gasteiger partial charge on any atom is -0.493 e. The molecule has 1 aromatic carbocycles. The Morgan fingerprint density at radius 1 is 1.27 bits per heavy atom. The van der Waals surface area contributed by atoms with Gasteiger partial charge in [0.1, 0.15) is 0 Å². The van der Waals surface area contributed by atoms with E-state index in [0.717, 1.165) is 36.6 Å². The summed E-state index contributed by atoms with van der Waals surface area (Å²) in [5.74, 6) is 2.41. The fraction of sp³-hybridized carbons (Fsp3) is 0.562. The van der Waals surface area contributed by atoms with Gasteiger partial charge in [-0.2, -0.15) is 0 Å². The number of hydrogen-bond acceptors (Lipinski definition) is 5. The van der Waals surface area contributed by atoms with E-state index in [0.29, 0.717) is 17.9 Å². The van der Waals surface area contributed by atoms with Crippen LogP contribution < -0.4 is 15.2 Å². The summed E-state index contributed by atoms with van der Waals surface area (Å²) in [6.07, 6.45) is 2.37. The van der Waals surface area contributed by atoms with E-state index in [1.54, 1.807) is 26.0 Å². The van der Waals surface area contributed by atoms with Gasteiger partial charge in [0.15, 0.2) is 11.5 Å². The van der Waals surface area contributed by atoms with Crippen LogP contribution in [-0.4, -0.2) is 49.9 Å². The number of piperidine rings is 1. The quantitative estimate of drug-likeness (QED) is 0.812. The number of nitrogens with zero attached hydrogens (tertiary/aromatic N) is 1. The van der Waals surface area contributed by atoms with Crippen LogP contribution in [0.5, 0.6) is 11.5 Å². The van der Waals surface area contributed by atoms with Crippen molar-refractivity contribution in [3.05, 3.63) is 18.2 Å². The first kappa shape index (κ1) is 17.0. The van der Waals surface area contributed by atoms with Crippen molar-refractivity contribution in [1.29, 1.82) is 0 Å². The van der Waals surface area contributed by atoms with Gasteiger partial charge in [-0.25, -0.2) is 0 Å². The van der Waals surface area contributed by atoms with Gasteiger partial charge in [0.05, 0.1) is 14.2 Å². The highest BCUT2D eigenvalue weighted by Crippen LogP contribution is 2.32. The van der Waals surface area contributed by atoms with Gasteiger partial charge >= 0.3 is 0 Å². The van der Waals surface area contributed by atoms with E-state index in [-0.39, 0.29) is 11.9 Å². The Balaban J connectivity index is 1.79. The highest BCUT2D eigenvalue weighted by Gasteiger charge is 2.20. The maximum Gasteiger partial charge on any atom is 0.223 e. The molecule has 0 spiro atoms. The molecule has 1 fully saturated rings. The highest BCUT2D eigenvalue weighted by atomic mass is 32.2. The topological polar surface area (TPSA) is 64.8 Å². The van der Waals surface area contributed by atoms with E-state index in [2.05, 4.69) is 0 Å². The SMILES string of the molecule is COc1ccc(SCCC(=O)N2CCC(N)CC2)cc1OC. The van der Waals surface area contributed by atoms with Crippen molar-refractivity contribution in [3.8, 4) is 11.5 Å². The van der Waals surface area contributed by atoms with Crippen LogP contribution >= 0.6 is 11.8 Å². The molecule has 6 heteroatoms. The number of amides is 1. The molecular formula is C16H24N2O3S. The average Bonchev–Trinajstić information content (AvgIpc) is 2.55. The normalized spacial score (nSPS) is 15.7. The fourth-order valence-corrected chi connectivity index (χ4v) is 3.34. The van der Waals surface area contributed by atoms with Crippen LogP contribution in [0.4, 0.5) is 0 Å². The summed E-state index contributed by atoms with van der Waals surface area (Å²) in [4.78, 5) is 15.1. The molecule has 1 heterocycles. The second kappa shape index (κ2) is 8.29. The number of thioether (sulfide) groups is 1. The van der Waals surface area contributed by atoms with E-state index in [4.69, 9.17) is 15.2 Å². The molecule has 2 rings (SSSR count). The molecule has 1 aromatic rings. The van der Waals surface area contributed by atoms with E-state index in [9.17, 15) is 4.79 Å². The Labute approximate surface area is 136 Å². The molecule has 0 radical (unpaired) electrons. The Morgan fingerprint density at radius 2 is 1.95 bits per heavy atom. The number of rotatable bonds is 6. The largest absolute Gasteiger partial charge is 0.493 e. The molecule has 1 saturated heterocycles. The molecule has 1 aliphatic rings. The van der Waals surface area contributed by atoms with E-state index < -0.39 is 0 Å². The third-order valence-electron chi connectivity index (χ3n) is 3.83. The zero-order chi connectivity index (χ0) is 15.9. The van der Waals surface area contributed by atoms with Crippen molar-refractivity contribution < 1.29 is 14.3 Å². The van der Waals surface area contributed by atoms with Crippen LogP contribution in [0.25, 0.3) is 0 Å². The molecule has 1 aliphatic heterocycles. The highest BCUT2D eigenvalue weighted by molar-refractivity contribution is 7.99. The third-order valence-corrected chi connectivity index (χ3v) is 4.83. The third kappa shape index (κ3) is 4.55. The van der Waals surface area contributed by atoms with Gasteiger partial charge in [-0.3, -0.25) is 4.79 Å². The van der Waals surface area contributed by atoms with Gasteiger partial charge < -0.3 is 20.1 Å². The number of hydrogen-bond donors (Lipinski definition) is 1. The Kier molecular flexibility index (Phi) is 6.39. The summed E-state index contributed by atoms with van der Waals surface area (Å²) in [7, 11) is 3.24. The van der Waals surface area contributed by atoms with Crippen LogP contribution in [0.3, 0.4) is 0 Å². The maximum atomic E-state index is 12.1. The minimum atomic E-state index is 0.222. The summed E-state index contributed by atoms with van der Waals surface area (Å²) in [5, 5.41) is 0. The summed E-state index contributed by atoms with van der Waals surface area (Å²) in [5.41, 5.74) is 5.86. The monoisotopic (exact) mass is 324 g/mol. The zero-order valence-corrected chi connectivity index (χ0v) is 14.0. The lowest BCUT2D eigenvalue weighted by molar-refractivity contribution is -0.131.